The van der Waals surface area contributed by atoms with E-state index in [1.165, 1.54) is 6.92 Å². The third-order valence-electron chi connectivity index (χ3n) is 8.06. The third kappa shape index (κ3) is 1.95. The first kappa shape index (κ1) is 18.4. The van der Waals surface area contributed by atoms with Crippen LogP contribution in [0.3, 0.4) is 0 Å². The number of hydrogen-bond donors (Lipinski definition) is 4. The lowest BCUT2D eigenvalue weighted by molar-refractivity contribution is -0.134. The summed E-state index contributed by atoms with van der Waals surface area (Å²) in [6.07, 6.45) is 1.14. The number of benzene rings is 2. The molecule has 4 N–H and O–H groups in total. The molecule has 7 rings (SSSR count). The number of para-hydroxylation sites is 1. The molecule has 1 amide bonds. The van der Waals surface area contributed by atoms with Crippen molar-refractivity contribution >= 4 is 22.5 Å². The zero-order valence-corrected chi connectivity index (χ0v) is 17.6. The van der Waals surface area contributed by atoms with Crippen LogP contribution in [0.15, 0.2) is 36.4 Å². The minimum absolute atomic E-state index is 0.0938. The Morgan fingerprint density at radius 3 is 2.97 bits per heavy atom. The predicted molar refractivity (Wildman–Crippen MR) is 118 cm³/mol. The smallest absolute Gasteiger partial charge is 0.221 e. The molecule has 2 aromatic carbocycles. The summed E-state index contributed by atoms with van der Waals surface area (Å²) in [6.45, 7) is 2.24. The van der Waals surface area contributed by atoms with Gasteiger partial charge in [0.25, 0.3) is 0 Å². The highest BCUT2D eigenvalue weighted by molar-refractivity contribution is 6.02. The van der Waals surface area contributed by atoms with Crippen molar-refractivity contribution in [1.29, 1.82) is 0 Å². The van der Waals surface area contributed by atoms with Crippen LogP contribution in [0.1, 0.15) is 41.8 Å². The fraction of sp³-hybridized carbons (Fsp3) is 0.360. The van der Waals surface area contributed by atoms with Gasteiger partial charge in [-0.2, -0.15) is 0 Å². The fourth-order valence-corrected chi connectivity index (χ4v) is 6.87. The van der Waals surface area contributed by atoms with E-state index >= 15 is 0 Å². The van der Waals surface area contributed by atoms with Crippen molar-refractivity contribution in [1.82, 2.24) is 10.3 Å². The SMILES string of the molecule is CC(=O)Nc1c2c(nc3ccccc13)C1Oc3c(O)ccc4c3[C@@]13CCN[C@@H](C4)C3(O)C2. The molecule has 4 atom stereocenters. The molecule has 4 aliphatic rings. The second kappa shape index (κ2) is 5.79. The lowest BCUT2D eigenvalue weighted by Gasteiger charge is -2.60. The molecule has 1 aromatic heterocycles. The van der Waals surface area contributed by atoms with E-state index in [2.05, 4.69) is 10.6 Å². The van der Waals surface area contributed by atoms with Crippen LogP contribution in [0.2, 0.25) is 0 Å². The highest BCUT2D eigenvalue weighted by Crippen LogP contribution is 2.68. The number of fused-ring (bicyclic) bond motifs is 3. The molecule has 3 heterocycles. The van der Waals surface area contributed by atoms with Crippen LogP contribution in [0, 0.1) is 0 Å². The van der Waals surface area contributed by atoms with E-state index in [-0.39, 0.29) is 17.7 Å². The van der Waals surface area contributed by atoms with Crippen molar-refractivity contribution < 1.29 is 19.7 Å². The minimum atomic E-state index is -1.13. The van der Waals surface area contributed by atoms with Crippen LogP contribution in [-0.2, 0) is 23.1 Å². The lowest BCUT2D eigenvalue weighted by Crippen LogP contribution is -2.74. The van der Waals surface area contributed by atoms with E-state index in [4.69, 9.17) is 9.72 Å². The monoisotopic (exact) mass is 429 g/mol. The number of rotatable bonds is 1. The Labute approximate surface area is 184 Å². The number of aromatic hydroxyl groups is 1. The Morgan fingerprint density at radius 1 is 1.28 bits per heavy atom. The van der Waals surface area contributed by atoms with Gasteiger partial charge in [0, 0.05) is 35.9 Å². The quantitative estimate of drug-likeness (QED) is 0.474. The van der Waals surface area contributed by atoms with Gasteiger partial charge in [0.15, 0.2) is 17.6 Å². The molecule has 32 heavy (non-hydrogen) atoms. The van der Waals surface area contributed by atoms with Gasteiger partial charge >= 0.3 is 0 Å². The summed E-state index contributed by atoms with van der Waals surface area (Å²) in [6, 6.07) is 11.2. The van der Waals surface area contributed by atoms with Gasteiger partial charge in [0.1, 0.15) is 0 Å². The number of nitrogens with one attached hydrogen (secondary N) is 2. The van der Waals surface area contributed by atoms with Gasteiger partial charge in [0.05, 0.1) is 27.9 Å². The predicted octanol–water partition coefficient (Wildman–Crippen LogP) is 2.48. The van der Waals surface area contributed by atoms with Crippen LogP contribution in [-0.4, -0.2) is 39.3 Å². The Kier molecular flexibility index (Phi) is 3.33. The number of ether oxygens (including phenoxy) is 1. The van der Waals surface area contributed by atoms with Crippen LogP contribution >= 0.6 is 0 Å². The normalized spacial score (nSPS) is 30.9. The van der Waals surface area contributed by atoms with Gasteiger partial charge in [-0.25, -0.2) is 4.98 Å². The summed E-state index contributed by atoms with van der Waals surface area (Å²) in [5, 5.41) is 30.5. The molecule has 1 spiro atoms. The summed E-state index contributed by atoms with van der Waals surface area (Å²) < 4.78 is 6.50. The number of nitrogens with zero attached hydrogens (tertiary/aromatic N) is 1. The molecule has 1 saturated heterocycles. The second-order valence-corrected chi connectivity index (χ2v) is 9.53. The zero-order chi connectivity index (χ0) is 21.8. The Morgan fingerprint density at radius 2 is 2.12 bits per heavy atom. The molecule has 1 fully saturated rings. The number of carbonyl (C=O) groups excluding carboxylic acids is 1. The molecular weight excluding hydrogens is 406 g/mol. The zero-order valence-electron chi connectivity index (χ0n) is 17.6. The summed E-state index contributed by atoms with van der Waals surface area (Å²) >= 11 is 0. The number of hydrogen-bond acceptors (Lipinski definition) is 6. The largest absolute Gasteiger partial charge is 0.504 e. The summed E-state index contributed by atoms with van der Waals surface area (Å²) in [7, 11) is 0. The van der Waals surface area contributed by atoms with E-state index < -0.39 is 17.1 Å². The van der Waals surface area contributed by atoms with Crippen molar-refractivity contribution in [2.75, 3.05) is 11.9 Å². The van der Waals surface area contributed by atoms with Crippen LogP contribution < -0.4 is 15.4 Å². The summed E-state index contributed by atoms with van der Waals surface area (Å²) in [5.41, 5.74) is 3.22. The number of amides is 1. The number of aliphatic hydroxyl groups is 1. The number of piperidine rings is 1. The van der Waals surface area contributed by atoms with E-state index in [9.17, 15) is 15.0 Å². The molecule has 7 heteroatoms. The Bertz CT molecular complexity index is 1350. The number of carbonyl (C=O) groups is 1. The Hall–Kier alpha value is -3.16. The van der Waals surface area contributed by atoms with Crippen molar-refractivity contribution in [2.45, 2.75) is 49.3 Å². The standard InChI is InChI=1S/C25H23N3O4/c1-12(29)27-20-14-4-2-3-5-16(14)28-21-15(20)11-25(31)18-10-13-6-7-17(30)22-19(13)24(25,8-9-26-18)23(21)32-22/h2-7,18,23,26,30-31H,8-11H2,1H3,(H,27,28,29)/t18-,23?,24-,25?/m0/s1. The summed E-state index contributed by atoms with van der Waals surface area (Å²) in [4.78, 5) is 17.2. The maximum Gasteiger partial charge on any atom is 0.221 e. The average Bonchev–Trinajstić information content (AvgIpc) is 3.11. The summed E-state index contributed by atoms with van der Waals surface area (Å²) in [5.74, 6) is 0.389. The van der Waals surface area contributed by atoms with Gasteiger partial charge in [-0.15, -0.1) is 0 Å². The van der Waals surface area contributed by atoms with Crippen LogP contribution in [0.4, 0.5) is 5.69 Å². The van der Waals surface area contributed by atoms with E-state index in [0.29, 0.717) is 30.7 Å². The van der Waals surface area contributed by atoms with Crippen molar-refractivity contribution in [3.63, 3.8) is 0 Å². The van der Waals surface area contributed by atoms with Gasteiger partial charge in [-0.1, -0.05) is 24.3 Å². The van der Waals surface area contributed by atoms with E-state index in [0.717, 1.165) is 39.8 Å². The van der Waals surface area contributed by atoms with Gasteiger partial charge in [-0.05, 0) is 37.1 Å². The first-order chi connectivity index (χ1) is 15.4. The van der Waals surface area contributed by atoms with Crippen LogP contribution in [0.5, 0.6) is 11.5 Å². The van der Waals surface area contributed by atoms with E-state index in [1.807, 2.05) is 30.3 Å². The maximum absolute atomic E-state index is 12.4. The molecule has 2 aliphatic heterocycles. The molecule has 162 valence electrons. The maximum atomic E-state index is 12.4. The number of aromatic nitrogens is 1. The topological polar surface area (TPSA) is 104 Å². The first-order valence-corrected chi connectivity index (χ1v) is 11.1. The average molecular weight is 429 g/mol. The number of anilines is 1. The van der Waals surface area contributed by atoms with Crippen molar-refractivity contribution in [2.24, 2.45) is 0 Å². The van der Waals surface area contributed by atoms with Crippen molar-refractivity contribution in [3.05, 3.63) is 58.8 Å². The van der Waals surface area contributed by atoms with E-state index in [1.54, 1.807) is 6.07 Å². The highest BCUT2D eigenvalue weighted by atomic mass is 16.5. The van der Waals surface area contributed by atoms with Crippen LogP contribution in [0.25, 0.3) is 10.9 Å². The lowest BCUT2D eigenvalue weighted by atomic mass is 9.49. The van der Waals surface area contributed by atoms with Gasteiger partial charge < -0.3 is 25.6 Å². The third-order valence-corrected chi connectivity index (χ3v) is 8.06. The molecule has 2 bridgehead atoms. The molecular formula is C25H23N3O4. The molecule has 2 aliphatic carbocycles. The first-order valence-electron chi connectivity index (χ1n) is 11.1. The molecule has 7 nitrogen and oxygen atoms in total. The number of pyridine rings is 1. The fourth-order valence-electron chi connectivity index (χ4n) is 6.87. The molecule has 0 radical (unpaired) electrons. The minimum Gasteiger partial charge on any atom is -0.504 e. The Balaban J connectivity index is 1.59. The van der Waals surface area contributed by atoms with Gasteiger partial charge in [0.2, 0.25) is 5.91 Å². The number of phenolic OH excluding ortho intramolecular Hbond substituents is 1. The van der Waals surface area contributed by atoms with Gasteiger partial charge in [-0.3, -0.25) is 4.79 Å². The molecule has 2 unspecified atom stereocenters. The highest BCUT2D eigenvalue weighted by Gasteiger charge is 2.71. The molecule has 3 aromatic rings. The van der Waals surface area contributed by atoms with Crippen molar-refractivity contribution in [3.8, 4) is 11.5 Å². The second-order valence-electron chi connectivity index (χ2n) is 9.53. The molecule has 0 saturated carbocycles. The number of phenols is 1.